The fourth-order valence-electron chi connectivity index (χ4n) is 1.85. The van der Waals surface area contributed by atoms with Crippen LogP contribution in [-0.4, -0.2) is 16.9 Å². The van der Waals surface area contributed by atoms with Gasteiger partial charge in [-0.25, -0.2) is 0 Å². The highest BCUT2D eigenvalue weighted by atomic mass is 16.4. The SMILES string of the molecule is C[C@@H](C(=O)O)c1cccc(C(=O)c2ccccc2)c1. The molecule has 0 spiro atoms. The van der Waals surface area contributed by atoms with E-state index >= 15 is 0 Å². The van der Waals surface area contributed by atoms with E-state index in [1.807, 2.05) is 6.07 Å². The Kier molecular flexibility index (Phi) is 3.76. The van der Waals surface area contributed by atoms with Crippen molar-refractivity contribution < 1.29 is 14.7 Å². The van der Waals surface area contributed by atoms with Gasteiger partial charge < -0.3 is 5.11 Å². The average Bonchev–Trinajstić information content (AvgIpc) is 2.46. The van der Waals surface area contributed by atoms with Crippen LogP contribution < -0.4 is 0 Å². The number of carbonyl (C=O) groups is 2. The lowest BCUT2D eigenvalue weighted by molar-refractivity contribution is -0.138. The van der Waals surface area contributed by atoms with Crippen LogP contribution in [0.2, 0.25) is 0 Å². The van der Waals surface area contributed by atoms with Crippen LogP contribution in [0.1, 0.15) is 34.3 Å². The number of rotatable bonds is 4. The molecule has 0 bridgehead atoms. The van der Waals surface area contributed by atoms with E-state index in [0.717, 1.165) is 0 Å². The quantitative estimate of drug-likeness (QED) is 0.853. The molecule has 0 heterocycles. The standard InChI is InChI=1S/C16H14O3/c1-11(16(18)19)13-8-5-9-14(10-13)15(17)12-6-3-2-4-7-12/h2-11H,1H3,(H,18,19)/t11-/m1/s1. The molecule has 1 N–H and O–H groups in total. The van der Waals surface area contributed by atoms with Crippen LogP contribution in [0.3, 0.4) is 0 Å². The molecule has 2 rings (SSSR count). The van der Waals surface area contributed by atoms with E-state index in [-0.39, 0.29) is 5.78 Å². The van der Waals surface area contributed by atoms with Crippen LogP contribution in [0, 0.1) is 0 Å². The average molecular weight is 254 g/mol. The number of hydrogen-bond donors (Lipinski definition) is 1. The highest BCUT2D eigenvalue weighted by Gasteiger charge is 2.16. The van der Waals surface area contributed by atoms with E-state index in [1.165, 1.54) is 0 Å². The molecule has 0 aromatic heterocycles. The van der Waals surface area contributed by atoms with Crippen LogP contribution in [0.5, 0.6) is 0 Å². The number of aliphatic carboxylic acids is 1. The largest absolute Gasteiger partial charge is 0.481 e. The minimum absolute atomic E-state index is 0.0972. The first kappa shape index (κ1) is 13.0. The molecule has 1 atom stereocenters. The first-order valence-electron chi connectivity index (χ1n) is 6.02. The Hall–Kier alpha value is -2.42. The lowest BCUT2D eigenvalue weighted by atomic mass is 9.96. The minimum atomic E-state index is -0.899. The minimum Gasteiger partial charge on any atom is -0.481 e. The van der Waals surface area contributed by atoms with Crippen molar-refractivity contribution in [1.29, 1.82) is 0 Å². The number of carboxylic acids is 1. The van der Waals surface area contributed by atoms with Crippen molar-refractivity contribution in [3.8, 4) is 0 Å². The van der Waals surface area contributed by atoms with E-state index in [0.29, 0.717) is 16.7 Å². The first-order chi connectivity index (χ1) is 9.09. The maximum atomic E-state index is 12.2. The highest BCUT2D eigenvalue weighted by molar-refractivity contribution is 6.09. The predicted octanol–water partition coefficient (Wildman–Crippen LogP) is 3.11. The fraction of sp³-hybridized carbons (Fsp3) is 0.125. The van der Waals surface area contributed by atoms with Gasteiger partial charge in [-0.2, -0.15) is 0 Å². The summed E-state index contributed by atoms with van der Waals surface area (Å²) in [4.78, 5) is 23.2. The van der Waals surface area contributed by atoms with Crippen LogP contribution in [-0.2, 0) is 4.79 Å². The normalized spacial score (nSPS) is 11.8. The van der Waals surface area contributed by atoms with E-state index < -0.39 is 11.9 Å². The third kappa shape index (κ3) is 2.88. The topological polar surface area (TPSA) is 54.4 Å². The van der Waals surface area contributed by atoms with E-state index in [2.05, 4.69) is 0 Å². The molecule has 0 aliphatic carbocycles. The van der Waals surface area contributed by atoms with Gasteiger partial charge in [0, 0.05) is 11.1 Å². The summed E-state index contributed by atoms with van der Waals surface area (Å²) >= 11 is 0. The molecule has 3 nitrogen and oxygen atoms in total. The summed E-state index contributed by atoms with van der Waals surface area (Å²) in [6.45, 7) is 1.61. The van der Waals surface area contributed by atoms with Crippen molar-refractivity contribution in [2.24, 2.45) is 0 Å². The van der Waals surface area contributed by atoms with Crippen LogP contribution in [0.25, 0.3) is 0 Å². The van der Waals surface area contributed by atoms with Gasteiger partial charge in [-0.15, -0.1) is 0 Å². The van der Waals surface area contributed by atoms with E-state index in [9.17, 15) is 9.59 Å². The zero-order chi connectivity index (χ0) is 13.8. The van der Waals surface area contributed by atoms with Crippen molar-refractivity contribution in [3.63, 3.8) is 0 Å². The summed E-state index contributed by atoms with van der Waals surface area (Å²) in [5.41, 5.74) is 1.74. The van der Waals surface area contributed by atoms with Crippen LogP contribution in [0.15, 0.2) is 54.6 Å². The highest BCUT2D eigenvalue weighted by Crippen LogP contribution is 2.18. The number of carboxylic acid groups (broad SMARTS) is 1. The van der Waals surface area contributed by atoms with Gasteiger partial charge in [0.2, 0.25) is 0 Å². The molecule has 0 fully saturated rings. The summed E-state index contributed by atoms with van der Waals surface area (Å²) in [5.74, 6) is -1.62. The van der Waals surface area contributed by atoms with Gasteiger partial charge in [0.25, 0.3) is 0 Å². The number of ketones is 1. The van der Waals surface area contributed by atoms with Gasteiger partial charge in [-0.1, -0.05) is 48.5 Å². The van der Waals surface area contributed by atoms with Crippen molar-refractivity contribution >= 4 is 11.8 Å². The van der Waals surface area contributed by atoms with Gasteiger partial charge >= 0.3 is 5.97 Å². The molecular weight excluding hydrogens is 240 g/mol. The van der Waals surface area contributed by atoms with Gasteiger partial charge in [0.05, 0.1) is 5.92 Å². The smallest absolute Gasteiger partial charge is 0.310 e. The molecule has 19 heavy (non-hydrogen) atoms. The Labute approximate surface area is 111 Å². The summed E-state index contributed by atoms with van der Waals surface area (Å²) in [6.07, 6.45) is 0. The molecule has 2 aromatic rings. The van der Waals surface area contributed by atoms with Crippen molar-refractivity contribution in [2.45, 2.75) is 12.8 Å². The van der Waals surface area contributed by atoms with Gasteiger partial charge in [-0.05, 0) is 18.6 Å². The Morgan fingerprint density at radius 2 is 1.58 bits per heavy atom. The van der Waals surface area contributed by atoms with E-state index in [4.69, 9.17) is 5.11 Å². The molecule has 0 unspecified atom stereocenters. The summed E-state index contributed by atoms with van der Waals surface area (Å²) < 4.78 is 0. The molecule has 0 radical (unpaired) electrons. The summed E-state index contributed by atoms with van der Waals surface area (Å²) in [7, 11) is 0. The van der Waals surface area contributed by atoms with Gasteiger partial charge in [0.15, 0.2) is 5.78 Å². The molecule has 0 saturated heterocycles. The lowest BCUT2D eigenvalue weighted by Crippen LogP contribution is -2.09. The summed E-state index contributed by atoms with van der Waals surface area (Å²) in [6, 6.07) is 15.7. The monoisotopic (exact) mass is 254 g/mol. The summed E-state index contributed by atoms with van der Waals surface area (Å²) in [5, 5.41) is 9.00. The fourth-order valence-corrected chi connectivity index (χ4v) is 1.85. The Bertz CT molecular complexity index is 602. The third-order valence-corrected chi connectivity index (χ3v) is 3.06. The molecule has 0 saturated carbocycles. The lowest BCUT2D eigenvalue weighted by Gasteiger charge is -2.08. The second-order valence-electron chi connectivity index (χ2n) is 4.38. The molecular formula is C16H14O3. The zero-order valence-corrected chi connectivity index (χ0v) is 10.5. The third-order valence-electron chi connectivity index (χ3n) is 3.06. The molecule has 96 valence electrons. The van der Waals surface area contributed by atoms with Gasteiger partial charge in [-0.3, -0.25) is 9.59 Å². The molecule has 2 aromatic carbocycles. The van der Waals surface area contributed by atoms with Gasteiger partial charge in [0.1, 0.15) is 0 Å². The van der Waals surface area contributed by atoms with Crippen molar-refractivity contribution in [3.05, 3.63) is 71.3 Å². The maximum absolute atomic E-state index is 12.2. The second kappa shape index (κ2) is 5.48. The number of carbonyl (C=O) groups excluding carboxylic acids is 1. The molecule has 0 aliphatic heterocycles. The Morgan fingerprint density at radius 1 is 0.947 bits per heavy atom. The molecule has 3 heteroatoms. The zero-order valence-electron chi connectivity index (χ0n) is 10.5. The Balaban J connectivity index is 2.34. The predicted molar refractivity (Wildman–Crippen MR) is 72.4 cm³/mol. The van der Waals surface area contributed by atoms with E-state index in [1.54, 1.807) is 55.5 Å². The molecule has 0 amide bonds. The first-order valence-corrected chi connectivity index (χ1v) is 6.02. The second-order valence-corrected chi connectivity index (χ2v) is 4.38. The van der Waals surface area contributed by atoms with Crippen LogP contribution in [0.4, 0.5) is 0 Å². The number of hydrogen-bond acceptors (Lipinski definition) is 2. The Morgan fingerprint density at radius 3 is 2.21 bits per heavy atom. The maximum Gasteiger partial charge on any atom is 0.310 e. The van der Waals surface area contributed by atoms with Crippen LogP contribution >= 0.6 is 0 Å². The van der Waals surface area contributed by atoms with Crippen molar-refractivity contribution in [2.75, 3.05) is 0 Å². The molecule has 0 aliphatic rings. The van der Waals surface area contributed by atoms with Crippen molar-refractivity contribution in [1.82, 2.24) is 0 Å². The number of benzene rings is 2.